The van der Waals surface area contributed by atoms with Gasteiger partial charge < -0.3 is 15.2 Å². The van der Waals surface area contributed by atoms with E-state index in [1.165, 1.54) is 0 Å². The first kappa shape index (κ1) is 14.4. The summed E-state index contributed by atoms with van der Waals surface area (Å²) in [5, 5.41) is 11.8. The Labute approximate surface area is 117 Å². The topological polar surface area (TPSA) is 88.1 Å². The molecule has 0 aliphatic rings. The average molecular weight is 277 g/mol. The molecule has 1 atom stereocenters. The van der Waals surface area contributed by atoms with Crippen LogP contribution in [0.4, 0.5) is 5.69 Å². The Morgan fingerprint density at radius 1 is 1.35 bits per heavy atom. The fourth-order valence-corrected chi connectivity index (χ4v) is 1.98. The molecule has 2 aromatic rings. The average Bonchev–Trinajstić information content (AvgIpc) is 2.89. The van der Waals surface area contributed by atoms with Crippen molar-refractivity contribution in [3.8, 4) is 11.4 Å². The quantitative estimate of drug-likeness (QED) is 0.789. The van der Waals surface area contributed by atoms with Crippen molar-refractivity contribution in [3.63, 3.8) is 0 Å². The molecule has 20 heavy (non-hydrogen) atoms. The molecule has 2 rings (SSSR count). The van der Waals surface area contributed by atoms with E-state index in [2.05, 4.69) is 15.5 Å². The molecule has 108 valence electrons. The summed E-state index contributed by atoms with van der Waals surface area (Å²) in [6.07, 6.45) is -0.108. The Hall–Kier alpha value is -1.99. The third-order valence-electron chi connectivity index (χ3n) is 3.10. The summed E-state index contributed by atoms with van der Waals surface area (Å²) in [7, 11) is 3.27. The minimum Gasteiger partial charge on any atom is -0.399 e. The molecule has 0 fully saturated rings. The first-order valence-corrected chi connectivity index (χ1v) is 6.30. The zero-order valence-electron chi connectivity index (χ0n) is 11.9. The normalized spacial score (nSPS) is 12.6. The number of aromatic nitrogens is 4. The first-order valence-electron chi connectivity index (χ1n) is 6.30. The number of hydrogen-bond acceptors (Lipinski definition) is 6. The molecule has 7 nitrogen and oxygen atoms in total. The second-order valence-electron chi connectivity index (χ2n) is 4.57. The second-order valence-corrected chi connectivity index (χ2v) is 4.57. The van der Waals surface area contributed by atoms with Crippen molar-refractivity contribution in [1.82, 2.24) is 20.2 Å². The van der Waals surface area contributed by atoms with Gasteiger partial charge in [0.05, 0.1) is 13.2 Å². The maximum absolute atomic E-state index is 5.84. The minimum absolute atomic E-state index is 0.108. The van der Waals surface area contributed by atoms with Gasteiger partial charge in [-0.2, -0.15) is 0 Å². The van der Waals surface area contributed by atoms with Crippen molar-refractivity contribution in [2.45, 2.75) is 19.6 Å². The second kappa shape index (κ2) is 6.44. The van der Waals surface area contributed by atoms with E-state index < -0.39 is 0 Å². The lowest BCUT2D eigenvalue weighted by molar-refractivity contribution is 0.0163. The van der Waals surface area contributed by atoms with Crippen LogP contribution in [0.5, 0.6) is 0 Å². The van der Waals surface area contributed by atoms with Crippen LogP contribution in [-0.2, 0) is 16.0 Å². The van der Waals surface area contributed by atoms with Gasteiger partial charge in [0, 0.05) is 25.5 Å². The van der Waals surface area contributed by atoms with E-state index >= 15 is 0 Å². The Balaban J connectivity index is 2.30. The Bertz CT molecular complexity index is 570. The van der Waals surface area contributed by atoms with Gasteiger partial charge in [-0.3, -0.25) is 0 Å². The number of hydrogen-bond donors (Lipinski definition) is 1. The molecule has 0 aliphatic heterocycles. The van der Waals surface area contributed by atoms with Gasteiger partial charge in [-0.25, -0.2) is 4.68 Å². The highest BCUT2D eigenvalue weighted by Gasteiger charge is 2.16. The fraction of sp³-hybridized carbons (Fsp3) is 0.462. The van der Waals surface area contributed by atoms with Crippen LogP contribution in [-0.4, -0.2) is 47.1 Å². The van der Waals surface area contributed by atoms with Crippen molar-refractivity contribution in [3.05, 3.63) is 23.8 Å². The Morgan fingerprint density at radius 3 is 2.85 bits per heavy atom. The lowest BCUT2D eigenvalue weighted by Crippen LogP contribution is -2.25. The van der Waals surface area contributed by atoms with Gasteiger partial charge in [-0.1, -0.05) is 6.07 Å². The molecule has 1 unspecified atom stereocenters. The van der Waals surface area contributed by atoms with Crippen molar-refractivity contribution in [2.24, 2.45) is 0 Å². The SMILES string of the molecule is COCC(Cn1nnnc1-c1cc(N)ccc1C)OC. The molecule has 1 heterocycles. The standard InChI is InChI=1S/C13H19N5O2/c1-9-4-5-10(14)6-12(9)13-15-16-17-18(13)7-11(20-3)8-19-2/h4-6,11H,7-8,14H2,1-3H3. The number of rotatable bonds is 6. The van der Waals surface area contributed by atoms with Crippen molar-refractivity contribution >= 4 is 5.69 Å². The molecular weight excluding hydrogens is 258 g/mol. The van der Waals surface area contributed by atoms with Crippen molar-refractivity contribution in [2.75, 3.05) is 26.6 Å². The van der Waals surface area contributed by atoms with E-state index in [0.29, 0.717) is 24.7 Å². The number of nitrogen functional groups attached to an aromatic ring is 1. The zero-order valence-corrected chi connectivity index (χ0v) is 11.9. The highest BCUT2D eigenvalue weighted by Crippen LogP contribution is 2.23. The van der Waals surface area contributed by atoms with Gasteiger partial charge in [-0.15, -0.1) is 5.10 Å². The number of aryl methyl sites for hydroxylation is 1. The lowest BCUT2D eigenvalue weighted by Gasteiger charge is -2.15. The zero-order chi connectivity index (χ0) is 14.5. The Morgan fingerprint density at radius 2 is 2.15 bits per heavy atom. The molecule has 0 spiro atoms. The van der Waals surface area contributed by atoms with Crippen LogP contribution in [0.15, 0.2) is 18.2 Å². The van der Waals surface area contributed by atoms with Crippen LogP contribution in [0.3, 0.4) is 0 Å². The van der Waals surface area contributed by atoms with Gasteiger partial charge in [0.25, 0.3) is 0 Å². The Kier molecular flexibility index (Phi) is 4.65. The molecule has 0 amide bonds. The summed E-state index contributed by atoms with van der Waals surface area (Å²) in [5.41, 5.74) is 8.50. The van der Waals surface area contributed by atoms with E-state index in [-0.39, 0.29) is 6.10 Å². The smallest absolute Gasteiger partial charge is 0.182 e. The summed E-state index contributed by atoms with van der Waals surface area (Å²) >= 11 is 0. The number of nitrogens with zero attached hydrogens (tertiary/aromatic N) is 4. The lowest BCUT2D eigenvalue weighted by atomic mass is 10.1. The molecule has 0 radical (unpaired) electrons. The van der Waals surface area contributed by atoms with Gasteiger partial charge in [-0.05, 0) is 35.0 Å². The van der Waals surface area contributed by atoms with E-state index in [1.54, 1.807) is 18.9 Å². The van der Waals surface area contributed by atoms with Gasteiger partial charge in [0.15, 0.2) is 5.82 Å². The number of nitrogens with two attached hydrogens (primary N) is 1. The number of benzene rings is 1. The van der Waals surface area contributed by atoms with Crippen LogP contribution < -0.4 is 5.73 Å². The fourth-order valence-electron chi connectivity index (χ4n) is 1.98. The first-order chi connectivity index (χ1) is 9.65. The molecule has 7 heteroatoms. The third kappa shape index (κ3) is 3.12. The summed E-state index contributed by atoms with van der Waals surface area (Å²) in [6.45, 7) is 2.99. The van der Waals surface area contributed by atoms with Crippen LogP contribution in [0.2, 0.25) is 0 Å². The molecule has 0 saturated heterocycles. The molecule has 1 aromatic carbocycles. The van der Waals surface area contributed by atoms with E-state index in [9.17, 15) is 0 Å². The maximum Gasteiger partial charge on any atom is 0.182 e. The van der Waals surface area contributed by atoms with E-state index in [4.69, 9.17) is 15.2 Å². The predicted octanol–water partition coefficient (Wildman–Crippen LogP) is 0.892. The number of anilines is 1. The molecule has 0 saturated carbocycles. The predicted molar refractivity (Wildman–Crippen MR) is 75.1 cm³/mol. The van der Waals surface area contributed by atoms with Crippen LogP contribution in [0.25, 0.3) is 11.4 Å². The van der Waals surface area contributed by atoms with Crippen molar-refractivity contribution < 1.29 is 9.47 Å². The summed E-state index contributed by atoms with van der Waals surface area (Å²) in [6, 6.07) is 5.68. The minimum atomic E-state index is -0.108. The molecular formula is C13H19N5O2. The maximum atomic E-state index is 5.84. The highest BCUT2D eigenvalue weighted by molar-refractivity contribution is 5.65. The summed E-state index contributed by atoms with van der Waals surface area (Å²) < 4.78 is 12.2. The van der Waals surface area contributed by atoms with Gasteiger partial charge in [0.1, 0.15) is 6.10 Å². The van der Waals surface area contributed by atoms with Crippen LogP contribution >= 0.6 is 0 Å². The number of methoxy groups -OCH3 is 2. The molecule has 0 bridgehead atoms. The van der Waals surface area contributed by atoms with Crippen LogP contribution in [0.1, 0.15) is 5.56 Å². The summed E-state index contributed by atoms with van der Waals surface area (Å²) in [4.78, 5) is 0. The van der Waals surface area contributed by atoms with Crippen molar-refractivity contribution in [1.29, 1.82) is 0 Å². The largest absolute Gasteiger partial charge is 0.399 e. The third-order valence-corrected chi connectivity index (χ3v) is 3.10. The summed E-state index contributed by atoms with van der Waals surface area (Å²) in [5.74, 6) is 0.674. The molecule has 2 N–H and O–H groups in total. The van der Waals surface area contributed by atoms with E-state index in [1.807, 2.05) is 25.1 Å². The van der Waals surface area contributed by atoms with Gasteiger partial charge in [0.2, 0.25) is 0 Å². The number of ether oxygens (including phenoxy) is 2. The monoisotopic (exact) mass is 277 g/mol. The van der Waals surface area contributed by atoms with E-state index in [0.717, 1.165) is 11.1 Å². The van der Waals surface area contributed by atoms with Gasteiger partial charge >= 0.3 is 0 Å². The molecule has 1 aromatic heterocycles. The highest BCUT2D eigenvalue weighted by atomic mass is 16.5. The molecule has 0 aliphatic carbocycles. The van der Waals surface area contributed by atoms with Crippen LogP contribution in [0, 0.1) is 6.92 Å². The number of tetrazole rings is 1.